The van der Waals surface area contributed by atoms with Crippen molar-refractivity contribution in [3.63, 3.8) is 0 Å². The van der Waals surface area contributed by atoms with Gasteiger partial charge in [-0.05, 0) is 56.2 Å². The summed E-state index contributed by atoms with van der Waals surface area (Å²) in [7, 11) is 0. The first-order valence-corrected chi connectivity index (χ1v) is 12.5. The number of aliphatic hydroxyl groups excluding tert-OH is 1. The Bertz CT molecular complexity index is 1270. The van der Waals surface area contributed by atoms with Gasteiger partial charge in [-0.15, -0.1) is 0 Å². The van der Waals surface area contributed by atoms with E-state index in [0.717, 1.165) is 48.9 Å². The van der Waals surface area contributed by atoms with E-state index < -0.39 is 0 Å². The van der Waals surface area contributed by atoms with Crippen LogP contribution in [0.3, 0.4) is 0 Å². The van der Waals surface area contributed by atoms with Crippen LogP contribution in [-0.2, 0) is 6.42 Å². The van der Waals surface area contributed by atoms with E-state index in [1.165, 1.54) is 6.20 Å². The standard InChI is InChI=1S/C25H31ClN8O2/c1-15(6-8-35)9-23-33-21-13-30-19(24(28)31-14-27)12-22(21)34(23)18-4-2-3-17(11-18)32-25(36)20-10-16(26)5-7-29-20/h5,7,10,12-15,17-18,35H,2-4,6,8-9,11H2,1H3,(H,32,36)(H3,27,28,31). The van der Waals surface area contributed by atoms with Crippen LogP contribution in [0.25, 0.3) is 11.0 Å². The molecular weight excluding hydrogens is 480 g/mol. The molecule has 1 aliphatic rings. The van der Waals surface area contributed by atoms with Crippen molar-refractivity contribution < 1.29 is 9.90 Å². The van der Waals surface area contributed by atoms with Gasteiger partial charge in [0.1, 0.15) is 29.1 Å². The van der Waals surface area contributed by atoms with Crippen molar-refractivity contribution in [2.75, 3.05) is 6.61 Å². The Balaban J connectivity index is 1.65. The lowest BCUT2D eigenvalue weighted by Crippen LogP contribution is -2.39. The van der Waals surface area contributed by atoms with Crippen LogP contribution in [0.2, 0.25) is 5.02 Å². The van der Waals surface area contributed by atoms with Gasteiger partial charge >= 0.3 is 0 Å². The number of imidazole rings is 1. The number of amides is 1. The highest BCUT2D eigenvalue weighted by Gasteiger charge is 2.29. The topological polar surface area (TPSA) is 155 Å². The second kappa shape index (κ2) is 11.6. The zero-order valence-electron chi connectivity index (χ0n) is 20.2. The number of hydrogen-bond donors (Lipinski definition) is 4. The second-order valence-corrected chi connectivity index (χ2v) is 9.71. The van der Waals surface area contributed by atoms with Gasteiger partial charge in [0, 0.05) is 36.3 Å². The van der Waals surface area contributed by atoms with Crippen LogP contribution >= 0.6 is 11.6 Å². The molecule has 0 radical (unpaired) electrons. The molecule has 190 valence electrons. The number of halogens is 1. The number of aromatic nitrogens is 4. The van der Waals surface area contributed by atoms with Crippen molar-refractivity contribution in [3.8, 4) is 0 Å². The Hall–Kier alpha value is -3.37. The average Bonchev–Trinajstić information content (AvgIpc) is 3.21. The summed E-state index contributed by atoms with van der Waals surface area (Å²) in [5.74, 6) is 1.09. The number of aliphatic hydroxyl groups is 1. The molecule has 0 aliphatic heterocycles. The van der Waals surface area contributed by atoms with E-state index in [9.17, 15) is 9.90 Å². The van der Waals surface area contributed by atoms with Crippen molar-refractivity contribution in [3.05, 3.63) is 52.8 Å². The molecule has 0 saturated heterocycles. The molecule has 3 atom stereocenters. The van der Waals surface area contributed by atoms with E-state index >= 15 is 0 Å². The van der Waals surface area contributed by atoms with Gasteiger partial charge in [-0.3, -0.25) is 20.2 Å². The second-order valence-electron chi connectivity index (χ2n) is 9.27. The largest absolute Gasteiger partial charge is 0.396 e. The predicted octanol–water partition coefficient (Wildman–Crippen LogP) is 3.27. The zero-order chi connectivity index (χ0) is 25.7. The van der Waals surface area contributed by atoms with E-state index in [4.69, 9.17) is 27.7 Å². The molecule has 1 saturated carbocycles. The van der Waals surface area contributed by atoms with E-state index in [-0.39, 0.29) is 36.4 Å². The monoisotopic (exact) mass is 510 g/mol. The van der Waals surface area contributed by atoms with Gasteiger partial charge in [0.25, 0.3) is 5.91 Å². The van der Waals surface area contributed by atoms with E-state index in [0.29, 0.717) is 29.3 Å². The highest BCUT2D eigenvalue weighted by molar-refractivity contribution is 6.30. The van der Waals surface area contributed by atoms with E-state index in [1.54, 1.807) is 18.3 Å². The van der Waals surface area contributed by atoms with Crippen LogP contribution in [0.4, 0.5) is 0 Å². The number of nitrogens with two attached hydrogens (primary N) is 1. The normalized spacial score (nSPS) is 19.2. The zero-order valence-corrected chi connectivity index (χ0v) is 20.9. The van der Waals surface area contributed by atoms with E-state index in [2.05, 4.69) is 31.8 Å². The number of nitrogens with one attached hydrogen (secondary N) is 2. The quantitative estimate of drug-likeness (QED) is 0.256. The molecule has 1 fully saturated rings. The number of aliphatic imine (C=N–C) groups is 1. The summed E-state index contributed by atoms with van der Waals surface area (Å²) in [5.41, 5.74) is 8.43. The predicted molar refractivity (Wildman–Crippen MR) is 140 cm³/mol. The SMILES string of the molecule is CC(CCO)Cc1nc2cnc(C(N)=NC=N)cc2n1C1CCCC(NC(=O)c2cc(Cl)ccn2)C1. The number of fused-ring (bicyclic) bond motifs is 1. The number of hydrogen-bond acceptors (Lipinski definition) is 6. The lowest BCUT2D eigenvalue weighted by atomic mass is 9.90. The maximum atomic E-state index is 12.8. The maximum Gasteiger partial charge on any atom is 0.270 e. The molecule has 5 N–H and O–H groups in total. The third-order valence-corrected chi connectivity index (χ3v) is 6.80. The third kappa shape index (κ3) is 5.88. The molecule has 3 heterocycles. The van der Waals surface area contributed by atoms with Crippen molar-refractivity contribution in [1.82, 2.24) is 24.8 Å². The van der Waals surface area contributed by atoms with Gasteiger partial charge in [0.15, 0.2) is 5.84 Å². The minimum atomic E-state index is -0.238. The molecule has 36 heavy (non-hydrogen) atoms. The number of amidine groups is 1. The number of pyridine rings is 2. The number of nitrogens with zero attached hydrogens (tertiary/aromatic N) is 5. The fraction of sp³-hybridized carbons (Fsp3) is 0.440. The van der Waals surface area contributed by atoms with Gasteiger partial charge < -0.3 is 20.7 Å². The summed E-state index contributed by atoms with van der Waals surface area (Å²) in [6.07, 6.45) is 8.98. The number of carbonyl (C=O) groups is 1. The smallest absolute Gasteiger partial charge is 0.270 e. The Morgan fingerprint density at radius 3 is 2.97 bits per heavy atom. The molecule has 0 spiro atoms. The molecule has 3 aromatic rings. The first-order chi connectivity index (χ1) is 17.4. The van der Waals surface area contributed by atoms with Gasteiger partial charge in [-0.1, -0.05) is 18.5 Å². The summed E-state index contributed by atoms with van der Waals surface area (Å²) in [6, 6.07) is 5.15. The van der Waals surface area contributed by atoms with Crippen LogP contribution < -0.4 is 11.1 Å². The molecule has 1 aliphatic carbocycles. The summed E-state index contributed by atoms with van der Waals surface area (Å²) in [4.78, 5) is 30.1. The molecule has 4 rings (SSSR count). The highest BCUT2D eigenvalue weighted by Crippen LogP contribution is 2.34. The van der Waals surface area contributed by atoms with Crippen LogP contribution in [0.5, 0.6) is 0 Å². The van der Waals surface area contributed by atoms with Crippen molar-refractivity contribution in [2.45, 2.75) is 57.5 Å². The van der Waals surface area contributed by atoms with Crippen molar-refractivity contribution in [2.24, 2.45) is 16.6 Å². The molecular formula is C25H31ClN8O2. The first-order valence-electron chi connectivity index (χ1n) is 12.1. The first kappa shape index (κ1) is 25.7. The molecule has 10 nitrogen and oxygen atoms in total. The summed E-state index contributed by atoms with van der Waals surface area (Å²) in [5, 5.41) is 20.2. The molecule has 0 bridgehead atoms. The fourth-order valence-corrected chi connectivity index (χ4v) is 4.99. The molecule has 3 aromatic heterocycles. The Kier molecular flexibility index (Phi) is 8.27. The van der Waals surface area contributed by atoms with Gasteiger partial charge in [0.05, 0.1) is 11.7 Å². The lowest BCUT2D eigenvalue weighted by molar-refractivity contribution is 0.0915. The molecule has 1 amide bonds. The Labute approximate surface area is 214 Å². The summed E-state index contributed by atoms with van der Waals surface area (Å²) < 4.78 is 2.24. The fourth-order valence-electron chi connectivity index (χ4n) is 4.83. The molecule has 0 aromatic carbocycles. The van der Waals surface area contributed by atoms with Crippen LogP contribution in [0, 0.1) is 11.3 Å². The van der Waals surface area contributed by atoms with E-state index in [1.807, 2.05) is 6.07 Å². The highest BCUT2D eigenvalue weighted by atomic mass is 35.5. The molecule has 3 unspecified atom stereocenters. The molecule has 11 heteroatoms. The lowest BCUT2D eigenvalue weighted by Gasteiger charge is -2.32. The minimum Gasteiger partial charge on any atom is -0.396 e. The van der Waals surface area contributed by atoms with Crippen molar-refractivity contribution in [1.29, 1.82) is 5.41 Å². The van der Waals surface area contributed by atoms with Crippen LogP contribution in [0.15, 0.2) is 35.6 Å². The van der Waals surface area contributed by atoms with Crippen LogP contribution in [-0.4, -0.2) is 55.4 Å². The van der Waals surface area contributed by atoms with Gasteiger partial charge in [-0.25, -0.2) is 9.98 Å². The van der Waals surface area contributed by atoms with Crippen LogP contribution in [0.1, 0.15) is 67.1 Å². The third-order valence-electron chi connectivity index (χ3n) is 6.57. The maximum absolute atomic E-state index is 12.8. The Morgan fingerprint density at radius 1 is 1.39 bits per heavy atom. The minimum absolute atomic E-state index is 0.0250. The summed E-state index contributed by atoms with van der Waals surface area (Å²) >= 11 is 6.03. The van der Waals surface area contributed by atoms with Gasteiger partial charge in [-0.2, -0.15) is 0 Å². The number of rotatable bonds is 9. The Morgan fingerprint density at radius 2 is 2.22 bits per heavy atom. The number of carbonyl (C=O) groups excluding carboxylic acids is 1. The van der Waals surface area contributed by atoms with Gasteiger partial charge in [0.2, 0.25) is 0 Å². The summed E-state index contributed by atoms with van der Waals surface area (Å²) in [6.45, 7) is 2.22. The average molecular weight is 511 g/mol. The van der Waals surface area contributed by atoms with Crippen molar-refractivity contribution >= 4 is 40.7 Å².